The predicted octanol–water partition coefficient (Wildman–Crippen LogP) is 2.47. The van der Waals surface area contributed by atoms with Crippen molar-refractivity contribution in [2.45, 2.75) is 0 Å². The number of nitrogen functional groups attached to an aromatic ring is 1. The maximum Gasteiger partial charge on any atom is 0.283 e. The van der Waals surface area contributed by atoms with Gasteiger partial charge in [0.15, 0.2) is 4.96 Å². The lowest BCUT2D eigenvalue weighted by atomic mass is 10.2. The van der Waals surface area contributed by atoms with Gasteiger partial charge < -0.3 is 5.73 Å². The summed E-state index contributed by atoms with van der Waals surface area (Å²) in [5.41, 5.74) is 7.90. The lowest BCUT2D eigenvalue weighted by molar-refractivity contribution is 1.14. The summed E-state index contributed by atoms with van der Waals surface area (Å²) in [6.45, 7) is 0. The Bertz CT molecular complexity index is 1010. The van der Waals surface area contributed by atoms with E-state index in [2.05, 4.69) is 9.98 Å². The number of rotatable bonds is 1. The van der Waals surface area contributed by atoms with Crippen LogP contribution in [0.25, 0.3) is 21.3 Å². The third-order valence-electron chi connectivity index (χ3n) is 3.31. The van der Waals surface area contributed by atoms with Crippen LogP contribution in [-0.2, 0) is 0 Å². The number of benzene rings is 1. The number of aromatic nitrogens is 2. The lowest BCUT2D eigenvalue weighted by Gasteiger charge is -2.04. The first-order chi connectivity index (χ1) is 10.2. The zero-order valence-electron chi connectivity index (χ0n) is 10.9. The van der Waals surface area contributed by atoms with Crippen LogP contribution in [0.1, 0.15) is 5.56 Å². The summed E-state index contributed by atoms with van der Waals surface area (Å²) >= 11 is 1.45. The van der Waals surface area contributed by atoms with E-state index in [4.69, 9.17) is 5.73 Å². The number of nitrogens with two attached hydrogens (primary N) is 1. The van der Waals surface area contributed by atoms with E-state index in [-0.39, 0.29) is 5.56 Å². The highest BCUT2D eigenvalue weighted by atomic mass is 32.1. The molecule has 0 saturated heterocycles. The molecule has 21 heavy (non-hydrogen) atoms. The number of anilines is 1. The topological polar surface area (TPSA) is 72.8 Å². The molecule has 1 aliphatic rings. The van der Waals surface area contributed by atoms with Crippen LogP contribution in [0.3, 0.4) is 0 Å². The van der Waals surface area contributed by atoms with Crippen LogP contribution in [0.15, 0.2) is 51.9 Å². The molecule has 102 valence electrons. The molecule has 0 aliphatic carbocycles. The first kappa shape index (κ1) is 12.0. The van der Waals surface area contributed by atoms with Crippen LogP contribution in [0.2, 0.25) is 0 Å². The van der Waals surface area contributed by atoms with E-state index in [0.29, 0.717) is 22.0 Å². The Morgan fingerprint density at radius 2 is 2.14 bits per heavy atom. The molecule has 0 saturated carbocycles. The molecular formula is C15H10N4OS. The normalized spacial score (nSPS) is 15.7. The molecule has 1 aromatic carbocycles. The number of allylic oxidation sites excluding steroid dienone is 2. The fraction of sp³-hybridized carbons (Fsp3) is 0. The summed E-state index contributed by atoms with van der Waals surface area (Å²) in [5, 5.41) is 0. The number of thiazole rings is 1. The van der Waals surface area contributed by atoms with Crippen molar-refractivity contribution in [3.8, 4) is 0 Å². The molecule has 0 bridgehead atoms. The van der Waals surface area contributed by atoms with Gasteiger partial charge >= 0.3 is 0 Å². The number of para-hydroxylation sites is 1. The van der Waals surface area contributed by atoms with E-state index in [1.54, 1.807) is 12.3 Å². The average Bonchev–Trinajstić information content (AvgIpc) is 3.10. The second kappa shape index (κ2) is 4.39. The van der Waals surface area contributed by atoms with Gasteiger partial charge in [-0.15, -0.1) is 0 Å². The van der Waals surface area contributed by atoms with Gasteiger partial charge in [-0.1, -0.05) is 23.5 Å². The van der Waals surface area contributed by atoms with Crippen LogP contribution in [0.4, 0.5) is 5.82 Å². The molecule has 0 amide bonds. The Morgan fingerprint density at radius 1 is 1.29 bits per heavy atom. The van der Waals surface area contributed by atoms with Gasteiger partial charge in [0, 0.05) is 6.21 Å². The van der Waals surface area contributed by atoms with Gasteiger partial charge in [-0.2, -0.15) is 4.98 Å². The molecule has 2 N–H and O–H groups in total. The number of aliphatic imine (C=N–C) groups is 1. The Balaban J connectivity index is 2.10. The van der Waals surface area contributed by atoms with Crippen molar-refractivity contribution in [2.24, 2.45) is 4.99 Å². The molecule has 5 nitrogen and oxygen atoms in total. The molecule has 4 rings (SSSR count). The average molecular weight is 294 g/mol. The number of hydrogen-bond donors (Lipinski definition) is 1. The summed E-state index contributed by atoms with van der Waals surface area (Å²) in [6.07, 6.45) is 6.97. The zero-order chi connectivity index (χ0) is 14.4. The standard InChI is InChI=1S/C15H10N4OS/c16-13-10(8-9-4-3-7-17-9)14(20)18-15-19(13)11-5-1-2-6-12(11)21-15/h1-8H,16H2. The van der Waals surface area contributed by atoms with Gasteiger partial charge in [-0.05, 0) is 30.4 Å². The van der Waals surface area contributed by atoms with Gasteiger partial charge in [0.05, 0.1) is 21.5 Å². The highest BCUT2D eigenvalue weighted by Gasteiger charge is 2.13. The first-order valence-electron chi connectivity index (χ1n) is 6.36. The minimum Gasteiger partial charge on any atom is -0.384 e. The Kier molecular flexibility index (Phi) is 2.52. The molecule has 0 fully saturated rings. The molecule has 3 heterocycles. The van der Waals surface area contributed by atoms with Crippen LogP contribution in [0, 0.1) is 0 Å². The fourth-order valence-electron chi connectivity index (χ4n) is 2.34. The molecule has 3 aromatic rings. The summed E-state index contributed by atoms with van der Waals surface area (Å²) in [6, 6.07) is 7.84. The number of hydrogen-bond acceptors (Lipinski definition) is 5. The predicted molar refractivity (Wildman–Crippen MR) is 86.9 cm³/mol. The van der Waals surface area contributed by atoms with Crippen LogP contribution >= 0.6 is 11.3 Å². The van der Waals surface area contributed by atoms with Crippen LogP contribution < -0.4 is 11.3 Å². The van der Waals surface area contributed by atoms with E-state index in [9.17, 15) is 4.79 Å². The van der Waals surface area contributed by atoms with Gasteiger partial charge in [0.25, 0.3) is 5.56 Å². The van der Waals surface area contributed by atoms with E-state index >= 15 is 0 Å². The number of nitrogens with zero attached hydrogens (tertiary/aromatic N) is 3. The Hall–Kier alpha value is -2.73. The minimum atomic E-state index is -0.331. The molecule has 0 atom stereocenters. The summed E-state index contributed by atoms with van der Waals surface area (Å²) < 4.78 is 2.86. The van der Waals surface area contributed by atoms with E-state index in [1.807, 2.05) is 40.8 Å². The van der Waals surface area contributed by atoms with Gasteiger partial charge in [-0.3, -0.25) is 14.2 Å². The largest absolute Gasteiger partial charge is 0.384 e. The SMILES string of the molecule is Nc1c(C=C2C=CC=N2)c(=O)nc2sc3ccccc3n12. The van der Waals surface area contributed by atoms with E-state index in [0.717, 1.165) is 10.2 Å². The van der Waals surface area contributed by atoms with Crippen LogP contribution in [0.5, 0.6) is 0 Å². The highest BCUT2D eigenvalue weighted by Crippen LogP contribution is 2.28. The third kappa shape index (κ3) is 1.80. The molecular weight excluding hydrogens is 284 g/mol. The van der Waals surface area contributed by atoms with Crippen molar-refractivity contribution in [1.29, 1.82) is 0 Å². The third-order valence-corrected chi connectivity index (χ3v) is 4.33. The van der Waals surface area contributed by atoms with E-state index < -0.39 is 0 Å². The summed E-state index contributed by atoms with van der Waals surface area (Å²) in [7, 11) is 0. The second-order valence-electron chi connectivity index (χ2n) is 4.61. The van der Waals surface area contributed by atoms with E-state index in [1.165, 1.54) is 11.3 Å². The van der Waals surface area contributed by atoms with Crippen molar-refractivity contribution in [3.63, 3.8) is 0 Å². The smallest absolute Gasteiger partial charge is 0.283 e. The highest BCUT2D eigenvalue weighted by molar-refractivity contribution is 7.23. The van der Waals surface area contributed by atoms with Crippen molar-refractivity contribution < 1.29 is 0 Å². The maximum absolute atomic E-state index is 12.2. The van der Waals surface area contributed by atoms with Crippen molar-refractivity contribution in [3.05, 3.63) is 58.0 Å². The second-order valence-corrected chi connectivity index (χ2v) is 5.62. The molecule has 0 radical (unpaired) electrons. The summed E-state index contributed by atoms with van der Waals surface area (Å²) in [4.78, 5) is 21.1. The van der Waals surface area contributed by atoms with Gasteiger partial charge in [0.1, 0.15) is 5.82 Å². The molecule has 1 aliphatic heterocycles. The zero-order valence-corrected chi connectivity index (χ0v) is 11.7. The molecule has 2 aromatic heterocycles. The minimum absolute atomic E-state index is 0.331. The molecule has 6 heteroatoms. The van der Waals surface area contributed by atoms with Gasteiger partial charge in [0.2, 0.25) is 0 Å². The van der Waals surface area contributed by atoms with Crippen molar-refractivity contribution in [2.75, 3.05) is 5.73 Å². The maximum atomic E-state index is 12.2. The Morgan fingerprint density at radius 3 is 2.95 bits per heavy atom. The van der Waals surface area contributed by atoms with Crippen LogP contribution in [-0.4, -0.2) is 15.6 Å². The number of fused-ring (bicyclic) bond motifs is 3. The van der Waals surface area contributed by atoms with Gasteiger partial charge in [-0.25, -0.2) is 0 Å². The first-order valence-corrected chi connectivity index (χ1v) is 7.18. The quantitative estimate of drug-likeness (QED) is 0.749. The molecule has 0 spiro atoms. The van der Waals surface area contributed by atoms with Crippen molar-refractivity contribution >= 4 is 44.6 Å². The monoisotopic (exact) mass is 294 g/mol. The lowest BCUT2D eigenvalue weighted by Crippen LogP contribution is -2.16. The van der Waals surface area contributed by atoms with Crippen molar-refractivity contribution in [1.82, 2.24) is 9.38 Å². The Labute approximate surface area is 123 Å². The fourth-order valence-corrected chi connectivity index (χ4v) is 3.36. The molecule has 0 unspecified atom stereocenters. The summed E-state index contributed by atoms with van der Waals surface area (Å²) in [5.74, 6) is 0.394.